The standard InChI is InChI=1S/C25H21FO3/c1-28-17-8-10-18-15(11-17)5-9-19-20-13-23(29-2)22(26)12-21(20)24(25(18)19)14-3-6-16(27)7-4-14/h3-4,6-8,10-13,24,27H,5,9H2,1-2H3. The zero-order valence-corrected chi connectivity index (χ0v) is 16.3. The number of phenolic OH excluding ortho intramolecular Hbond substituents is 1. The van der Waals surface area contributed by atoms with Crippen molar-refractivity contribution in [1.29, 1.82) is 0 Å². The fourth-order valence-corrected chi connectivity index (χ4v) is 4.73. The highest BCUT2D eigenvalue weighted by Gasteiger charge is 2.37. The number of aryl methyl sites for hydroxylation is 1. The van der Waals surface area contributed by atoms with Crippen LogP contribution in [-0.2, 0) is 6.42 Å². The highest BCUT2D eigenvalue weighted by molar-refractivity contribution is 6.03. The van der Waals surface area contributed by atoms with E-state index < -0.39 is 0 Å². The first kappa shape index (κ1) is 17.8. The molecule has 0 spiro atoms. The Kier molecular flexibility index (Phi) is 4.09. The second-order valence-electron chi connectivity index (χ2n) is 7.51. The van der Waals surface area contributed by atoms with E-state index in [1.165, 1.54) is 29.4 Å². The summed E-state index contributed by atoms with van der Waals surface area (Å²) in [5, 5.41) is 9.75. The average molecular weight is 388 g/mol. The average Bonchev–Trinajstić information content (AvgIpc) is 3.06. The van der Waals surface area contributed by atoms with E-state index in [0.29, 0.717) is 0 Å². The minimum atomic E-state index is -0.357. The van der Waals surface area contributed by atoms with E-state index in [0.717, 1.165) is 35.3 Å². The highest BCUT2D eigenvalue weighted by atomic mass is 19.1. The second-order valence-corrected chi connectivity index (χ2v) is 7.51. The maximum absolute atomic E-state index is 14.7. The van der Waals surface area contributed by atoms with Crippen LogP contribution in [0.15, 0.2) is 54.6 Å². The molecule has 0 saturated carbocycles. The molecule has 0 saturated heterocycles. The molecule has 3 aromatic carbocycles. The van der Waals surface area contributed by atoms with Crippen LogP contribution in [0.25, 0.3) is 11.1 Å². The number of phenols is 1. The fraction of sp³-hybridized carbons (Fsp3) is 0.200. The van der Waals surface area contributed by atoms with Gasteiger partial charge in [-0.05, 0) is 88.2 Å². The number of ether oxygens (including phenoxy) is 2. The monoisotopic (exact) mass is 388 g/mol. The van der Waals surface area contributed by atoms with Gasteiger partial charge in [0.15, 0.2) is 11.6 Å². The van der Waals surface area contributed by atoms with Crippen molar-refractivity contribution in [2.45, 2.75) is 18.8 Å². The summed E-state index contributed by atoms with van der Waals surface area (Å²) >= 11 is 0. The van der Waals surface area contributed by atoms with Gasteiger partial charge in [-0.1, -0.05) is 18.2 Å². The number of halogens is 1. The second kappa shape index (κ2) is 6.66. The van der Waals surface area contributed by atoms with Crippen LogP contribution in [-0.4, -0.2) is 19.3 Å². The van der Waals surface area contributed by atoms with Crippen LogP contribution in [0.5, 0.6) is 17.2 Å². The Labute approximate surface area is 169 Å². The van der Waals surface area contributed by atoms with E-state index in [1.54, 1.807) is 25.3 Å². The van der Waals surface area contributed by atoms with Gasteiger partial charge >= 0.3 is 0 Å². The molecule has 4 heteroatoms. The van der Waals surface area contributed by atoms with Crippen LogP contribution in [0.2, 0.25) is 0 Å². The molecule has 0 amide bonds. The summed E-state index contributed by atoms with van der Waals surface area (Å²) < 4.78 is 25.3. The Morgan fingerprint density at radius 3 is 2.41 bits per heavy atom. The molecule has 1 N–H and O–H groups in total. The van der Waals surface area contributed by atoms with Crippen molar-refractivity contribution in [3.8, 4) is 17.2 Å². The third kappa shape index (κ3) is 2.70. The maximum atomic E-state index is 14.7. The number of aromatic hydroxyl groups is 1. The number of fused-ring (bicyclic) bond motifs is 4. The van der Waals surface area contributed by atoms with Gasteiger partial charge in [0.2, 0.25) is 0 Å². The summed E-state index contributed by atoms with van der Waals surface area (Å²) in [5.41, 5.74) is 7.91. The Morgan fingerprint density at radius 2 is 1.69 bits per heavy atom. The van der Waals surface area contributed by atoms with Gasteiger partial charge in [-0.3, -0.25) is 0 Å². The first-order valence-electron chi connectivity index (χ1n) is 9.67. The van der Waals surface area contributed by atoms with Crippen LogP contribution >= 0.6 is 0 Å². The first-order chi connectivity index (χ1) is 14.1. The Morgan fingerprint density at radius 1 is 0.897 bits per heavy atom. The minimum absolute atomic E-state index is 0.0894. The van der Waals surface area contributed by atoms with Crippen LogP contribution in [0.3, 0.4) is 0 Å². The molecule has 146 valence electrons. The molecule has 0 heterocycles. The lowest BCUT2D eigenvalue weighted by atomic mass is 9.79. The fourth-order valence-electron chi connectivity index (χ4n) is 4.73. The van der Waals surface area contributed by atoms with E-state index in [1.807, 2.05) is 24.3 Å². The molecular weight excluding hydrogens is 367 g/mol. The predicted molar refractivity (Wildman–Crippen MR) is 111 cm³/mol. The number of rotatable bonds is 3. The topological polar surface area (TPSA) is 38.7 Å². The van der Waals surface area contributed by atoms with Crippen molar-refractivity contribution < 1.29 is 19.0 Å². The molecule has 29 heavy (non-hydrogen) atoms. The van der Waals surface area contributed by atoms with Crippen molar-refractivity contribution in [2.24, 2.45) is 0 Å². The number of allylic oxidation sites excluding steroid dienone is 2. The molecule has 0 aromatic heterocycles. The Balaban J connectivity index is 1.77. The molecule has 1 atom stereocenters. The van der Waals surface area contributed by atoms with E-state index >= 15 is 0 Å². The third-order valence-corrected chi connectivity index (χ3v) is 6.05. The smallest absolute Gasteiger partial charge is 0.165 e. The highest BCUT2D eigenvalue weighted by Crippen LogP contribution is 2.55. The normalized spacial score (nSPS) is 16.9. The van der Waals surface area contributed by atoms with Crippen molar-refractivity contribution in [2.75, 3.05) is 14.2 Å². The third-order valence-electron chi connectivity index (χ3n) is 6.05. The van der Waals surface area contributed by atoms with Crippen molar-refractivity contribution in [1.82, 2.24) is 0 Å². The van der Waals surface area contributed by atoms with Gasteiger partial charge in [0.25, 0.3) is 0 Å². The molecule has 3 aromatic rings. The molecular formula is C25H21FO3. The molecule has 2 aliphatic carbocycles. The summed E-state index contributed by atoms with van der Waals surface area (Å²) in [5.74, 6) is 0.883. The molecule has 0 bridgehead atoms. The van der Waals surface area contributed by atoms with Gasteiger partial charge in [-0.2, -0.15) is 0 Å². The largest absolute Gasteiger partial charge is 0.508 e. The van der Waals surface area contributed by atoms with Gasteiger partial charge in [0.05, 0.1) is 14.2 Å². The van der Waals surface area contributed by atoms with Gasteiger partial charge in [-0.25, -0.2) is 4.39 Å². The molecule has 5 rings (SSSR count). The minimum Gasteiger partial charge on any atom is -0.508 e. The van der Waals surface area contributed by atoms with Crippen LogP contribution in [0.1, 0.15) is 40.2 Å². The molecule has 0 fully saturated rings. The maximum Gasteiger partial charge on any atom is 0.165 e. The summed E-state index contributed by atoms with van der Waals surface area (Å²) in [6.07, 6.45) is 1.79. The molecule has 3 nitrogen and oxygen atoms in total. The Hall–Kier alpha value is -3.27. The lowest BCUT2D eigenvalue weighted by Crippen LogP contribution is -2.07. The van der Waals surface area contributed by atoms with Gasteiger partial charge in [-0.15, -0.1) is 0 Å². The quantitative estimate of drug-likeness (QED) is 0.639. The number of hydrogen-bond donors (Lipinski definition) is 1. The summed E-state index contributed by atoms with van der Waals surface area (Å²) in [7, 11) is 3.17. The lowest BCUT2D eigenvalue weighted by Gasteiger charge is -2.24. The number of benzene rings is 3. The van der Waals surface area contributed by atoms with E-state index in [2.05, 4.69) is 12.1 Å². The van der Waals surface area contributed by atoms with Crippen molar-refractivity contribution in [3.63, 3.8) is 0 Å². The summed E-state index contributed by atoms with van der Waals surface area (Å²) in [6, 6.07) is 16.8. The first-order valence-corrected chi connectivity index (χ1v) is 9.67. The summed E-state index contributed by atoms with van der Waals surface area (Å²) in [6.45, 7) is 0. The molecule has 1 unspecified atom stereocenters. The van der Waals surface area contributed by atoms with E-state index in [4.69, 9.17) is 9.47 Å². The predicted octanol–water partition coefficient (Wildman–Crippen LogP) is 5.55. The van der Waals surface area contributed by atoms with Crippen LogP contribution in [0, 0.1) is 5.82 Å². The zero-order valence-electron chi connectivity index (χ0n) is 16.3. The van der Waals surface area contributed by atoms with Crippen molar-refractivity contribution >= 4 is 11.1 Å². The molecule has 0 aliphatic heterocycles. The SMILES string of the molecule is COc1ccc2c(c1)CCC1=C2C(c2ccc(O)cc2)c2cc(F)c(OC)cc21. The summed E-state index contributed by atoms with van der Waals surface area (Å²) in [4.78, 5) is 0. The zero-order chi connectivity index (χ0) is 20.1. The van der Waals surface area contributed by atoms with Crippen LogP contribution in [0.4, 0.5) is 4.39 Å². The Bertz CT molecular complexity index is 1150. The van der Waals surface area contributed by atoms with E-state index in [9.17, 15) is 9.50 Å². The van der Waals surface area contributed by atoms with E-state index in [-0.39, 0.29) is 23.2 Å². The van der Waals surface area contributed by atoms with Crippen LogP contribution < -0.4 is 9.47 Å². The number of methoxy groups -OCH3 is 2. The van der Waals surface area contributed by atoms with Gasteiger partial charge in [0, 0.05) is 5.92 Å². The van der Waals surface area contributed by atoms with Gasteiger partial charge < -0.3 is 14.6 Å². The van der Waals surface area contributed by atoms with Gasteiger partial charge in [0.1, 0.15) is 11.5 Å². The lowest BCUT2D eigenvalue weighted by molar-refractivity contribution is 0.386. The molecule has 0 radical (unpaired) electrons. The number of hydrogen-bond acceptors (Lipinski definition) is 3. The van der Waals surface area contributed by atoms with Crippen molar-refractivity contribution in [3.05, 3.63) is 88.2 Å². The molecule has 2 aliphatic rings.